The normalized spacial score (nSPS) is 16.6. The number of thiophene rings is 1. The summed E-state index contributed by atoms with van der Waals surface area (Å²) in [5.41, 5.74) is 3.30. The molecule has 0 amide bonds. The molecule has 42 heavy (non-hydrogen) atoms. The van der Waals surface area contributed by atoms with Crippen LogP contribution in [0.3, 0.4) is 0 Å². The summed E-state index contributed by atoms with van der Waals surface area (Å²) in [4.78, 5) is 24.6. The van der Waals surface area contributed by atoms with Crippen LogP contribution in [0.25, 0.3) is 20.8 Å². The maximum atomic E-state index is 14.9. The Balaban J connectivity index is 1.10. The number of benzene rings is 1. The number of hydrogen-bond acceptors (Lipinski definition) is 8. The van der Waals surface area contributed by atoms with Crippen molar-refractivity contribution in [3.63, 3.8) is 0 Å². The monoisotopic (exact) mass is 608 g/mol. The molecule has 220 valence electrons. The summed E-state index contributed by atoms with van der Waals surface area (Å²) in [5.74, 6) is 0.790. The largest absolute Gasteiger partial charge is 0.453 e. The van der Waals surface area contributed by atoms with Crippen molar-refractivity contribution in [2.75, 3.05) is 19.3 Å². The fourth-order valence-electron chi connectivity index (χ4n) is 5.35. The number of ether oxygens (including phenoxy) is 1. The predicted octanol–water partition coefficient (Wildman–Crippen LogP) is 5.72. The van der Waals surface area contributed by atoms with E-state index in [4.69, 9.17) is 9.72 Å². The fraction of sp³-hybridized carbons (Fsp3) is 0.387. The molecule has 3 aromatic heterocycles. The van der Waals surface area contributed by atoms with E-state index in [1.54, 1.807) is 24.4 Å². The molecule has 0 bridgehead atoms. The molecule has 0 atom stereocenters. The number of hydrogen-bond donors (Lipinski definition) is 1. The Morgan fingerprint density at radius 2 is 1.83 bits per heavy atom. The number of sulfonamides is 1. The molecule has 1 aromatic carbocycles. The zero-order valence-electron chi connectivity index (χ0n) is 23.4. The molecule has 1 saturated carbocycles. The van der Waals surface area contributed by atoms with Crippen molar-refractivity contribution in [3.8, 4) is 22.1 Å². The van der Waals surface area contributed by atoms with E-state index in [9.17, 15) is 17.6 Å². The third-order valence-electron chi connectivity index (χ3n) is 7.66. The maximum absolute atomic E-state index is 14.9. The van der Waals surface area contributed by atoms with Crippen molar-refractivity contribution in [3.05, 3.63) is 71.8 Å². The van der Waals surface area contributed by atoms with Gasteiger partial charge in [-0.25, -0.2) is 17.5 Å². The molecule has 8 nitrogen and oxygen atoms in total. The third kappa shape index (κ3) is 7.38. The number of fused-ring (bicyclic) bond motifs is 1. The number of rotatable bonds is 11. The van der Waals surface area contributed by atoms with Gasteiger partial charge in [-0.15, -0.1) is 11.3 Å². The van der Waals surface area contributed by atoms with Crippen molar-refractivity contribution in [1.29, 1.82) is 0 Å². The van der Waals surface area contributed by atoms with Crippen LogP contribution in [0, 0.1) is 11.7 Å². The lowest BCUT2D eigenvalue weighted by Crippen LogP contribution is -2.43. The van der Waals surface area contributed by atoms with E-state index in [-0.39, 0.29) is 24.0 Å². The van der Waals surface area contributed by atoms with Crippen LogP contribution in [0.1, 0.15) is 43.2 Å². The Morgan fingerprint density at radius 3 is 2.52 bits per heavy atom. The summed E-state index contributed by atoms with van der Waals surface area (Å²) >= 11 is 1.49. The van der Waals surface area contributed by atoms with Gasteiger partial charge in [0.25, 0.3) is 0 Å². The number of aromatic nitrogens is 2. The van der Waals surface area contributed by atoms with Crippen molar-refractivity contribution in [1.82, 2.24) is 19.6 Å². The molecule has 1 aliphatic carbocycles. The summed E-state index contributed by atoms with van der Waals surface area (Å²) < 4.78 is 47.4. The molecule has 2 fully saturated rings. The van der Waals surface area contributed by atoms with Crippen LogP contribution < -0.4 is 9.46 Å². The summed E-state index contributed by atoms with van der Waals surface area (Å²) in [7, 11) is -3.19. The van der Waals surface area contributed by atoms with Crippen molar-refractivity contribution >= 4 is 37.4 Å². The zero-order chi connectivity index (χ0) is 29.3. The molecule has 4 aromatic rings. The topological polar surface area (TPSA) is 101 Å². The Kier molecular flexibility index (Phi) is 8.35. The lowest BCUT2D eigenvalue weighted by Gasteiger charge is -2.31. The highest BCUT2D eigenvalue weighted by atomic mass is 32.2. The summed E-state index contributed by atoms with van der Waals surface area (Å²) in [5, 5.41) is 0. The molecule has 6 rings (SSSR count). The number of nitrogens with one attached hydrogen (secondary N) is 1. The molecule has 11 heteroatoms. The van der Waals surface area contributed by atoms with Gasteiger partial charge in [-0.1, -0.05) is 12.1 Å². The number of carbonyl (C=O) groups excluding carboxylic acids is 1. The summed E-state index contributed by atoms with van der Waals surface area (Å²) in [6, 6.07) is 12.4. The minimum atomic E-state index is -3.19. The highest BCUT2D eigenvalue weighted by molar-refractivity contribution is 7.88. The number of likely N-dealkylation sites (tertiary alicyclic amines) is 1. The average Bonchev–Trinajstić information content (AvgIpc) is 3.64. The molecule has 2 aliphatic rings. The third-order valence-corrected chi connectivity index (χ3v) is 9.58. The van der Waals surface area contributed by atoms with Crippen LogP contribution in [0.5, 0.6) is 11.5 Å². The molecule has 0 spiro atoms. The number of piperidine rings is 1. The molecular formula is C31H33FN4O4S2. The fourth-order valence-corrected chi connectivity index (χ4v) is 7.24. The quantitative estimate of drug-likeness (QED) is 0.233. The SMILES string of the molecule is CS(=O)(=O)NC1CCN(Cc2ccc(-c3cc4nccc(Oc5ccc(CC(=O)CC6CC6)cc5F)c4s3)nc2)CC1. The predicted molar refractivity (Wildman–Crippen MR) is 162 cm³/mol. The second-order valence-corrected chi connectivity index (χ2v) is 14.2. The van der Waals surface area contributed by atoms with Gasteiger partial charge >= 0.3 is 0 Å². The van der Waals surface area contributed by atoms with E-state index in [2.05, 4.69) is 20.7 Å². The average molecular weight is 609 g/mol. The van der Waals surface area contributed by atoms with Crippen LogP contribution in [0.15, 0.2) is 54.9 Å². The van der Waals surface area contributed by atoms with Gasteiger partial charge in [0.1, 0.15) is 11.5 Å². The second kappa shape index (κ2) is 12.2. The van der Waals surface area contributed by atoms with E-state index in [1.807, 2.05) is 18.3 Å². The summed E-state index contributed by atoms with van der Waals surface area (Å²) in [6.07, 6.45) is 9.35. The number of ketones is 1. The molecule has 0 radical (unpaired) electrons. The number of Topliss-reactive ketones (excluding diaryl/α,β-unsaturated/α-hetero) is 1. The van der Waals surface area contributed by atoms with Crippen LogP contribution in [0.2, 0.25) is 0 Å². The van der Waals surface area contributed by atoms with Gasteiger partial charge in [-0.3, -0.25) is 19.7 Å². The second-order valence-electron chi connectivity index (χ2n) is 11.4. The molecule has 4 heterocycles. The Labute approximate surface area is 249 Å². The number of nitrogens with zero attached hydrogens (tertiary/aromatic N) is 3. The maximum Gasteiger partial charge on any atom is 0.208 e. The van der Waals surface area contributed by atoms with Crippen LogP contribution in [-0.4, -0.2) is 54.5 Å². The standard InChI is InChI=1S/C31H33FN4O4S2/c1-42(38,39)35-23-9-12-36(13-10-23)19-22-4-6-26(34-18-22)30-17-27-31(41-30)29(8-11-33-27)40-28-7-5-21(16-25(28)32)15-24(37)14-20-2-3-20/h4-8,11,16-18,20,23,35H,2-3,9-10,12-15,19H2,1H3. The van der Waals surface area contributed by atoms with E-state index >= 15 is 0 Å². The first-order chi connectivity index (χ1) is 20.2. The van der Waals surface area contributed by atoms with E-state index < -0.39 is 15.8 Å². The Morgan fingerprint density at radius 1 is 1.05 bits per heavy atom. The number of pyridine rings is 2. The van der Waals surface area contributed by atoms with E-state index in [0.717, 1.165) is 71.7 Å². The van der Waals surface area contributed by atoms with Crippen molar-refractivity contribution in [2.24, 2.45) is 5.92 Å². The van der Waals surface area contributed by atoms with Gasteiger partial charge in [0.05, 0.1) is 27.0 Å². The van der Waals surface area contributed by atoms with Gasteiger partial charge in [-0.05, 0) is 67.0 Å². The van der Waals surface area contributed by atoms with Crippen LogP contribution in [0.4, 0.5) is 4.39 Å². The van der Waals surface area contributed by atoms with Gasteiger partial charge in [0.15, 0.2) is 11.6 Å². The van der Waals surface area contributed by atoms with Gasteiger partial charge in [0, 0.05) is 57.0 Å². The highest BCUT2D eigenvalue weighted by Gasteiger charge is 2.25. The lowest BCUT2D eigenvalue weighted by atomic mass is 10.0. The number of carbonyl (C=O) groups is 1. The molecular weight excluding hydrogens is 575 g/mol. The first-order valence-corrected chi connectivity index (χ1v) is 16.9. The van der Waals surface area contributed by atoms with Crippen molar-refractivity contribution < 1.29 is 22.3 Å². The zero-order valence-corrected chi connectivity index (χ0v) is 25.0. The van der Waals surface area contributed by atoms with E-state index in [1.165, 1.54) is 23.7 Å². The van der Waals surface area contributed by atoms with Crippen molar-refractivity contribution in [2.45, 2.75) is 51.1 Å². The van der Waals surface area contributed by atoms with E-state index in [0.29, 0.717) is 23.7 Å². The first-order valence-electron chi connectivity index (χ1n) is 14.2. The highest BCUT2D eigenvalue weighted by Crippen LogP contribution is 2.39. The smallest absolute Gasteiger partial charge is 0.208 e. The Hall–Kier alpha value is -3.25. The summed E-state index contributed by atoms with van der Waals surface area (Å²) in [6.45, 7) is 2.40. The Bertz CT molecular complexity index is 1700. The molecule has 0 unspecified atom stereocenters. The van der Waals surface area contributed by atoms with Gasteiger partial charge in [-0.2, -0.15) is 0 Å². The van der Waals surface area contributed by atoms with Gasteiger partial charge in [0.2, 0.25) is 10.0 Å². The van der Waals surface area contributed by atoms with Crippen LogP contribution in [-0.2, 0) is 27.8 Å². The minimum absolute atomic E-state index is 0.00433. The van der Waals surface area contributed by atoms with Gasteiger partial charge < -0.3 is 4.74 Å². The number of halogens is 1. The molecule has 1 N–H and O–H groups in total. The first kappa shape index (κ1) is 28.9. The molecule has 1 aliphatic heterocycles. The van der Waals surface area contributed by atoms with Crippen LogP contribution >= 0.6 is 11.3 Å². The lowest BCUT2D eigenvalue weighted by molar-refractivity contribution is -0.118. The molecule has 1 saturated heterocycles. The minimum Gasteiger partial charge on any atom is -0.453 e.